The number of carbonyl (C=O) groups is 1. The van der Waals surface area contributed by atoms with Gasteiger partial charge in [0.05, 0.1) is 17.5 Å². The second kappa shape index (κ2) is 9.02. The lowest BCUT2D eigenvalue weighted by Gasteiger charge is -2.30. The van der Waals surface area contributed by atoms with Crippen molar-refractivity contribution >= 4 is 39.3 Å². The molecule has 1 atom stereocenters. The number of rotatable bonds is 5. The van der Waals surface area contributed by atoms with Crippen LogP contribution in [0.1, 0.15) is 18.7 Å². The van der Waals surface area contributed by atoms with Crippen LogP contribution in [0.15, 0.2) is 51.5 Å². The predicted molar refractivity (Wildman–Crippen MR) is 113 cm³/mol. The van der Waals surface area contributed by atoms with E-state index >= 15 is 0 Å². The fourth-order valence-corrected chi connectivity index (χ4v) is 3.69. The van der Waals surface area contributed by atoms with Gasteiger partial charge in [-0.2, -0.15) is 0 Å². The summed E-state index contributed by atoms with van der Waals surface area (Å²) in [5.41, 5.74) is 0.873. The molecule has 0 spiro atoms. The molecule has 150 valence electrons. The topological polar surface area (TPSA) is 84.2 Å². The zero-order valence-corrected chi connectivity index (χ0v) is 17.9. The van der Waals surface area contributed by atoms with Crippen LogP contribution in [-0.4, -0.2) is 39.1 Å². The zero-order valence-electron chi connectivity index (χ0n) is 15.5. The number of piperidine rings is 1. The number of amides is 1. The largest absolute Gasteiger partial charge is 0.419 e. The van der Waals surface area contributed by atoms with Crippen LogP contribution in [0.4, 0.5) is 5.82 Å². The van der Waals surface area contributed by atoms with E-state index in [0.717, 1.165) is 29.4 Å². The molecule has 1 amide bonds. The van der Waals surface area contributed by atoms with E-state index in [0.29, 0.717) is 35.7 Å². The van der Waals surface area contributed by atoms with Crippen LogP contribution in [-0.2, 0) is 11.3 Å². The van der Waals surface area contributed by atoms with E-state index in [-0.39, 0.29) is 11.8 Å². The van der Waals surface area contributed by atoms with E-state index in [1.807, 2.05) is 24.3 Å². The van der Waals surface area contributed by atoms with Gasteiger partial charge in [-0.15, -0.1) is 10.2 Å². The number of halogens is 2. The molecule has 0 aliphatic carbocycles. The van der Waals surface area contributed by atoms with E-state index in [1.54, 1.807) is 12.1 Å². The minimum Gasteiger partial charge on any atom is -0.419 e. The summed E-state index contributed by atoms with van der Waals surface area (Å²) < 4.78 is 6.81. The van der Waals surface area contributed by atoms with Crippen molar-refractivity contribution in [1.29, 1.82) is 0 Å². The Morgan fingerprint density at radius 1 is 1.24 bits per heavy atom. The summed E-state index contributed by atoms with van der Waals surface area (Å²) in [5, 5.41) is 11.7. The van der Waals surface area contributed by atoms with Crippen molar-refractivity contribution in [3.63, 3.8) is 0 Å². The molecule has 3 aromatic rings. The van der Waals surface area contributed by atoms with Gasteiger partial charge in [0, 0.05) is 22.8 Å². The number of likely N-dealkylation sites (tertiary alicyclic amines) is 1. The monoisotopic (exact) mass is 475 g/mol. The van der Waals surface area contributed by atoms with Gasteiger partial charge in [0.25, 0.3) is 0 Å². The number of hydrogen-bond acceptors (Lipinski definition) is 6. The molecule has 2 aromatic heterocycles. The lowest BCUT2D eigenvalue weighted by molar-refractivity contribution is -0.121. The number of carbonyl (C=O) groups excluding carboxylic acids is 1. The van der Waals surface area contributed by atoms with Crippen LogP contribution in [0.2, 0.25) is 5.02 Å². The van der Waals surface area contributed by atoms with Gasteiger partial charge in [0.2, 0.25) is 17.7 Å². The molecule has 1 aliphatic heterocycles. The highest BCUT2D eigenvalue weighted by atomic mass is 79.9. The maximum atomic E-state index is 12.6. The van der Waals surface area contributed by atoms with E-state index < -0.39 is 0 Å². The highest BCUT2D eigenvalue weighted by molar-refractivity contribution is 9.10. The molecule has 0 radical (unpaired) electrons. The number of nitrogens with one attached hydrogen (secondary N) is 1. The predicted octanol–water partition coefficient (Wildman–Crippen LogP) is 4.40. The lowest BCUT2D eigenvalue weighted by atomic mass is 9.97. The number of pyridine rings is 1. The molecule has 1 unspecified atom stereocenters. The average Bonchev–Trinajstić information content (AvgIpc) is 3.19. The first kappa shape index (κ1) is 20.0. The van der Waals surface area contributed by atoms with Crippen LogP contribution >= 0.6 is 27.5 Å². The van der Waals surface area contributed by atoms with Crippen molar-refractivity contribution < 1.29 is 9.21 Å². The Kier molecular flexibility index (Phi) is 6.22. The second-order valence-corrected chi connectivity index (χ2v) is 8.29. The molecule has 3 heterocycles. The summed E-state index contributed by atoms with van der Waals surface area (Å²) in [6.45, 7) is 2.04. The van der Waals surface area contributed by atoms with Gasteiger partial charge >= 0.3 is 0 Å². The maximum Gasteiger partial charge on any atom is 0.247 e. The summed E-state index contributed by atoms with van der Waals surface area (Å²) >= 11 is 9.25. The summed E-state index contributed by atoms with van der Waals surface area (Å²) in [6, 6.07) is 11.1. The van der Waals surface area contributed by atoms with Crippen molar-refractivity contribution in [2.24, 2.45) is 5.92 Å². The summed E-state index contributed by atoms with van der Waals surface area (Å²) in [5.74, 6) is 1.39. The Morgan fingerprint density at radius 3 is 2.83 bits per heavy atom. The van der Waals surface area contributed by atoms with Gasteiger partial charge in [0.15, 0.2) is 0 Å². The van der Waals surface area contributed by atoms with E-state index in [2.05, 4.69) is 41.3 Å². The van der Waals surface area contributed by atoms with Crippen molar-refractivity contribution in [3.8, 4) is 11.5 Å². The van der Waals surface area contributed by atoms with Crippen LogP contribution in [0.25, 0.3) is 11.5 Å². The molecule has 1 aromatic carbocycles. The van der Waals surface area contributed by atoms with Gasteiger partial charge in [-0.05, 0) is 55.8 Å². The number of hydrogen-bond donors (Lipinski definition) is 1. The van der Waals surface area contributed by atoms with Crippen LogP contribution < -0.4 is 5.32 Å². The molecule has 0 bridgehead atoms. The first-order chi connectivity index (χ1) is 14.1. The molecule has 1 N–H and O–H groups in total. The third kappa shape index (κ3) is 5.20. The third-order valence-corrected chi connectivity index (χ3v) is 5.52. The molecule has 4 rings (SSSR count). The molecule has 29 heavy (non-hydrogen) atoms. The lowest BCUT2D eigenvalue weighted by Crippen LogP contribution is -2.40. The number of anilines is 1. The van der Waals surface area contributed by atoms with Gasteiger partial charge in [-0.25, -0.2) is 4.98 Å². The fraction of sp³-hybridized carbons (Fsp3) is 0.300. The highest BCUT2D eigenvalue weighted by Crippen LogP contribution is 2.23. The number of aromatic nitrogens is 3. The molecule has 0 saturated carbocycles. The van der Waals surface area contributed by atoms with Crippen molar-refractivity contribution in [3.05, 3.63) is 58.0 Å². The molecule has 1 fully saturated rings. The zero-order chi connectivity index (χ0) is 20.2. The number of nitrogens with zero attached hydrogens (tertiary/aromatic N) is 4. The molecular formula is C20H19BrClN5O2. The Balaban J connectivity index is 1.35. The summed E-state index contributed by atoms with van der Waals surface area (Å²) in [6.07, 6.45) is 3.28. The van der Waals surface area contributed by atoms with Gasteiger partial charge in [0.1, 0.15) is 5.82 Å². The van der Waals surface area contributed by atoms with Crippen LogP contribution in [0, 0.1) is 5.92 Å². The normalized spacial score (nSPS) is 17.2. The van der Waals surface area contributed by atoms with Crippen LogP contribution in [0.5, 0.6) is 0 Å². The minimum atomic E-state index is -0.116. The van der Waals surface area contributed by atoms with Gasteiger partial charge < -0.3 is 9.73 Å². The van der Waals surface area contributed by atoms with E-state index in [1.165, 1.54) is 6.20 Å². The molecule has 1 saturated heterocycles. The molecule has 7 nitrogen and oxygen atoms in total. The highest BCUT2D eigenvalue weighted by Gasteiger charge is 2.27. The second-order valence-electron chi connectivity index (χ2n) is 6.93. The minimum absolute atomic E-state index is 0.0365. The van der Waals surface area contributed by atoms with E-state index in [9.17, 15) is 4.79 Å². The average molecular weight is 477 g/mol. The molecule has 9 heteroatoms. The first-order valence-electron chi connectivity index (χ1n) is 9.30. The molecule has 1 aliphatic rings. The Morgan fingerprint density at radius 2 is 2.07 bits per heavy atom. The Labute approximate surface area is 181 Å². The standard InChI is InChI=1S/C20H19BrClN5O2/c21-15-5-3-13(4-6-15)20-26-25-18(29-20)12-27-9-1-2-14(11-27)19(28)24-17-8-7-16(22)10-23-17/h3-8,10,14H,1-2,9,11-12H2,(H,23,24,28). The van der Waals surface area contributed by atoms with Crippen molar-refractivity contribution in [2.75, 3.05) is 18.4 Å². The van der Waals surface area contributed by atoms with Crippen molar-refractivity contribution in [1.82, 2.24) is 20.1 Å². The smallest absolute Gasteiger partial charge is 0.247 e. The maximum absolute atomic E-state index is 12.6. The van der Waals surface area contributed by atoms with Crippen LogP contribution in [0.3, 0.4) is 0 Å². The first-order valence-corrected chi connectivity index (χ1v) is 10.5. The SMILES string of the molecule is O=C(Nc1ccc(Cl)cn1)C1CCCN(Cc2nnc(-c3ccc(Br)cc3)o2)C1. The summed E-state index contributed by atoms with van der Waals surface area (Å²) in [4.78, 5) is 18.9. The van der Waals surface area contributed by atoms with E-state index in [4.69, 9.17) is 16.0 Å². The number of benzene rings is 1. The quantitative estimate of drug-likeness (QED) is 0.588. The molecular weight excluding hydrogens is 458 g/mol. The van der Waals surface area contributed by atoms with Crippen molar-refractivity contribution in [2.45, 2.75) is 19.4 Å². The van der Waals surface area contributed by atoms with Gasteiger partial charge in [-0.3, -0.25) is 9.69 Å². The van der Waals surface area contributed by atoms with Gasteiger partial charge in [-0.1, -0.05) is 27.5 Å². The summed E-state index contributed by atoms with van der Waals surface area (Å²) in [7, 11) is 0. The Hall–Kier alpha value is -2.29. The fourth-order valence-electron chi connectivity index (χ4n) is 3.31. The Bertz CT molecular complexity index is 977. The third-order valence-electron chi connectivity index (χ3n) is 4.77.